The molecule has 162 valence electrons. The molecule has 2 heterocycles. The van der Waals surface area contributed by atoms with E-state index in [1.807, 2.05) is 11.8 Å². The maximum atomic E-state index is 13.8. The van der Waals surface area contributed by atoms with Crippen LogP contribution in [0.15, 0.2) is 60.8 Å². The van der Waals surface area contributed by atoms with Gasteiger partial charge in [0.05, 0.1) is 11.3 Å². The SMILES string of the molecule is Cc1ccc(NC(=O)c2cc(F)ccc2NC(=O)c2ccc(C(=N)N3CCC3)cc2)nc1. The molecular formula is C24H22FN5O2. The topological polar surface area (TPSA) is 98.2 Å². The maximum Gasteiger partial charge on any atom is 0.259 e. The van der Waals surface area contributed by atoms with Crippen molar-refractivity contribution in [2.45, 2.75) is 13.3 Å². The Labute approximate surface area is 184 Å². The van der Waals surface area contributed by atoms with Crippen LogP contribution < -0.4 is 10.6 Å². The van der Waals surface area contributed by atoms with Gasteiger partial charge in [-0.25, -0.2) is 9.37 Å². The number of halogens is 1. The Morgan fingerprint density at radius 1 is 0.969 bits per heavy atom. The zero-order valence-electron chi connectivity index (χ0n) is 17.5. The molecule has 2 aromatic carbocycles. The molecule has 7 nitrogen and oxygen atoms in total. The molecule has 0 saturated carbocycles. The predicted octanol–water partition coefficient (Wildman–Crippen LogP) is 4.06. The lowest BCUT2D eigenvalue weighted by atomic mass is 10.1. The first-order chi connectivity index (χ1) is 15.4. The number of hydrogen-bond acceptors (Lipinski definition) is 4. The third-order valence-corrected chi connectivity index (χ3v) is 5.22. The van der Waals surface area contributed by atoms with Gasteiger partial charge in [-0.1, -0.05) is 18.2 Å². The number of nitrogens with zero attached hydrogens (tertiary/aromatic N) is 2. The van der Waals surface area contributed by atoms with Gasteiger partial charge < -0.3 is 15.5 Å². The number of likely N-dealkylation sites (tertiary alicyclic amines) is 1. The number of rotatable bonds is 5. The van der Waals surface area contributed by atoms with Gasteiger partial charge in [0.2, 0.25) is 0 Å². The van der Waals surface area contributed by atoms with Gasteiger partial charge in [0, 0.05) is 30.4 Å². The average molecular weight is 431 g/mol. The van der Waals surface area contributed by atoms with Crippen molar-refractivity contribution in [3.8, 4) is 0 Å². The molecule has 3 aromatic rings. The second-order valence-electron chi connectivity index (χ2n) is 7.59. The number of amides is 2. The van der Waals surface area contributed by atoms with E-state index in [9.17, 15) is 14.0 Å². The first-order valence-electron chi connectivity index (χ1n) is 10.2. The van der Waals surface area contributed by atoms with Gasteiger partial charge in [0.15, 0.2) is 0 Å². The van der Waals surface area contributed by atoms with Crippen LogP contribution >= 0.6 is 0 Å². The number of aromatic nitrogens is 1. The summed E-state index contributed by atoms with van der Waals surface area (Å²) in [6, 6.07) is 13.7. The van der Waals surface area contributed by atoms with Crippen molar-refractivity contribution < 1.29 is 14.0 Å². The van der Waals surface area contributed by atoms with Crippen LogP contribution in [0.3, 0.4) is 0 Å². The highest BCUT2D eigenvalue weighted by Gasteiger charge is 2.19. The number of carbonyl (C=O) groups is 2. The van der Waals surface area contributed by atoms with Gasteiger partial charge in [0.25, 0.3) is 11.8 Å². The molecule has 0 radical (unpaired) electrons. The van der Waals surface area contributed by atoms with E-state index < -0.39 is 17.6 Å². The van der Waals surface area contributed by atoms with E-state index in [4.69, 9.17) is 5.41 Å². The minimum absolute atomic E-state index is 0.0168. The zero-order chi connectivity index (χ0) is 22.7. The third kappa shape index (κ3) is 4.64. The van der Waals surface area contributed by atoms with Crippen LogP contribution in [0.5, 0.6) is 0 Å². The Bertz CT molecular complexity index is 1170. The van der Waals surface area contributed by atoms with Crippen molar-refractivity contribution in [3.63, 3.8) is 0 Å². The third-order valence-electron chi connectivity index (χ3n) is 5.22. The number of nitrogens with one attached hydrogen (secondary N) is 3. The zero-order valence-corrected chi connectivity index (χ0v) is 17.5. The first kappa shape index (κ1) is 21.2. The van der Waals surface area contributed by atoms with E-state index in [0.29, 0.717) is 17.2 Å². The lowest BCUT2D eigenvalue weighted by Gasteiger charge is -2.33. The molecule has 2 amide bonds. The number of anilines is 2. The van der Waals surface area contributed by atoms with E-state index >= 15 is 0 Å². The molecule has 1 aliphatic rings. The van der Waals surface area contributed by atoms with Gasteiger partial charge >= 0.3 is 0 Å². The van der Waals surface area contributed by atoms with E-state index in [0.717, 1.165) is 36.7 Å². The summed E-state index contributed by atoms with van der Waals surface area (Å²) in [6.45, 7) is 3.61. The maximum absolute atomic E-state index is 13.8. The lowest BCUT2D eigenvalue weighted by Crippen LogP contribution is -2.42. The quantitative estimate of drug-likeness (QED) is 0.419. The largest absolute Gasteiger partial charge is 0.356 e. The fourth-order valence-corrected chi connectivity index (χ4v) is 3.24. The van der Waals surface area contributed by atoms with E-state index in [1.165, 1.54) is 12.1 Å². The van der Waals surface area contributed by atoms with Crippen molar-refractivity contribution in [1.82, 2.24) is 9.88 Å². The number of carbonyl (C=O) groups excluding carboxylic acids is 2. The molecule has 4 rings (SSSR count). The van der Waals surface area contributed by atoms with Crippen molar-refractivity contribution in [3.05, 3.63) is 88.9 Å². The lowest BCUT2D eigenvalue weighted by molar-refractivity contribution is 0.102. The van der Waals surface area contributed by atoms with Crippen LogP contribution in [0, 0.1) is 18.2 Å². The number of hydrogen-bond donors (Lipinski definition) is 3. The average Bonchev–Trinajstić information content (AvgIpc) is 2.75. The molecule has 8 heteroatoms. The number of benzene rings is 2. The van der Waals surface area contributed by atoms with Crippen molar-refractivity contribution in [1.29, 1.82) is 5.41 Å². The van der Waals surface area contributed by atoms with Gasteiger partial charge in [-0.2, -0.15) is 0 Å². The Hall–Kier alpha value is -4.07. The highest BCUT2D eigenvalue weighted by molar-refractivity contribution is 6.12. The molecule has 3 N–H and O–H groups in total. The summed E-state index contributed by atoms with van der Waals surface area (Å²) in [5, 5.41) is 13.5. The molecule has 32 heavy (non-hydrogen) atoms. The molecule has 1 aromatic heterocycles. The van der Waals surface area contributed by atoms with Crippen LogP contribution in [0.2, 0.25) is 0 Å². The van der Waals surface area contributed by atoms with Gasteiger partial charge in [-0.05, 0) is 55.3 Å². The van der Waals surface area contributed by atoms with Crippen LogP contribution in [-0.2, 0) is 0 Å². The van der Waals surface area contributed by atoms with E-state index in [2.05, 4.69) is 15.6 Å². The minimum Gasteiger partial charge on any atom is -0.356 e. The fraction of sp³-hybridized carbons (Fsp3) is 0.167. The molecule has 1 aliphatic heterocycles. The van der Waals surface area contributed by atoms with Crippen LogP contribution in [0.1, 0.15) is 38.3 Å². The predicted molar refractivity (Wildman–Crippen MR) is 121 cm³/mol. The Morgan fingerprint density at radius 2 is 1.69 bits per heavy atom. The van der Waals surface area contributed by atoms with Gasteiger partial charge in [0.1, 0.15) is 17.5 Å². The Kier molecular flexibility index (Phi) is 5.93. The molecule has 0 aliphatic carbocycles. The summed E-state index contributed by atoms with van der Waals surface area (Å²) in [5.41, 5.74) is 2.19. The molecule has 0 spiro atoms. The first-order valence-corrected chi connectivity index (χ1v) is 10.2. The molecule has 1 saturated heterocycles. The summed E-state index contributed by atoms with van der Waals surface area (Å²) in [4.78, 5) is 31.5. The Morgan fingerprint density at radius 3 is 2.31 bits per heavy atom. The molecular weight excluding hydrogens is 409 g/mol. The second-order valence-corrected chi connectivity index (χ2v) is 7.59. The molecule has 0 bridgehead atoms. The van der Waals surface area contributed by atoms with Crippen LogP contribution in [0.4, 0.5) is 15.9 Å². The summed E-state index contributed by atoms with van der Waals surface area (Å²) < 4.78 is 13.8. The Balaban J connectivity index is 1.49. The molecule has 1 fully saturated rings. The summed E-state index contributed by atoms with van der Waals surface area (Å²) in [5.74, 6) is -0.873. The van der Waals surface area contributed by atoms with E-state index in [1.54, 1.807) is 42.6 Å². The highest BCUT2D eigenvalue weighted by atomic mass is 19.1. The van der Waals surface area contributed by atoms with E-state index in [-0.39, 0.29) is 11.3 Å². The number of aryl methyl sites for hydroxylation is 1. The fourth-order valence-electron chi connectivity index (χ4n) is 3.24. The summed E-state index contributed by atoms with van der Waals surface area (Å²) in [6.07, 6.45) is 2.69. The number of pyridine rings is 1. The molecule has 0 unspecified atom stereocenters. The highest BCUT2D eigenvalue weighted by Crippen LogP contribution is 2.20. The van der Waals surface area contributed by atoms with Gasteiger partial charge in [-0.3, -0.25) is 15.0 Å². The van der Waals surface area contributed by atoms with Crippen LogP contribution in [-0.4, -0.2) is 40.6 Å². The normalized spacial score (nSPS) is 12.6. The summed E-state index contributed by atoms with van der Waals surface area (Å²) >= 11 is 0. The van der Waals surface area contributed by atoms with Crippen molar-refractivity contribution in [2.24, 2.45) is 0 Å². The van der Waals surface area contributed by atoms with Crippen molar-refractivity contribution >= 4 is 29.2 Å². The summed E-state index contributed by atoms with van der Waals surface area (Å²) in [7, 11) is 0. The smallest absolute Gasteiger partial charge is 0.259 e. The second kappa shape index (κ2) is 8.97. The van der Waals surface area contributed by atoms with Gasteiger partial charge in [-0.15, -0.1) is 0 Å². The number of amidine groups is 1. The van der Waals surface area contributed by atoms with Crippen molar-refractivity contribution in [2.75, 3.05) is 23.7 Å². The molecule has 0 atom stereocenters. The minimum atomic E-state index is -0.598. The standard InChI is InChI=1S/C24H22FN5O2/c1-15-3-10-21(27-14-15)29-24(32)19-13-18(25)8-9-20(19)28-23(31)17-6-4-16(5-7-17)22(26)30-11-2-12-30/h3-10,13-14,26H,2,11-12H2,1H3,(H,28,31)(H,27,29,32). The van der Waals surface area contributed by atoms with Crippen LogP contribution in [0.25, 0.3) is 0 Å². The monoisotopic (exact) mass is 431 g/mol.